The molecule has 21 heteroatoms. The summed E-state index contributed by atoms with van der Waals surface area (Å²) in [6.45, 7) is 20.7. The molecule has 0 saturated carbocycles. The van der Waals surface area contributed by atoms with Crippen molar-refractivity contribution in [2.24, 2.45) is 0 Å². The van der Waals surface area contributed by atoms with E-state index in [-0.39, 0.29) is 20.6 Å². The highest BCUT2D eigenvalue weighted by molar-refractivity contribution is 6.50. The molecule has 0 atom stereocenters. The van der Waals surface area contributed by atoms with Crippen molar-refractivity contribution in [3.8, 4) is 0 Å². The number of carbonyl (C=O) groups excluding carboxylic acids is 9. The van der Waals surface area contributed by atoms with Crippen molar-refractivity contribution >= 4 is 75.9 Å². The van der Waals surface area contributed by atoms with Gasteiger partial charge in [-0.15, -0.1) is 0 Å². The number of rotatable bonds is 6. The fraction of sp³-hybridized carbons (Fsp3) is 0.537. The summed E-state index contributed by atoms with van der Waals surface area (Å²) in [6, 6.07) is 2.40. The molecular weight excluding hydrogens is 818 g/mol. The van der Waals surface area contributed by atoms with Gasteiger partial charge in [0.1, 0.15) is 27.9 Å². The number of benzene rings is 1. The summed E-state index contributed by atoms with van der Waals surface area (Å²) >= 11 is 0. The highest BCUT2D eigenvalue weighted by Crippen LogP contribution is 2.26. The minimum atomic E-state index is -1.59. The second-order valence-electron chi connectivity index (χ2n) is 19.0. The van der Waals surface area contributed by atoms with Gasteiger partial charge in [0.2, 0.25) is 0 Å². The Kier molecular flexibility index (Phi) is 13.4. The topological polar surface area (TPSA) is 236 Å². The van der Waals surface area contributed by atoms with Crippen molar-refractivity contribution in [3.63, 3.8) is 0 Å². The first-order chi connectivity index (χ1) is 28.2. The van der Waals surface area contributed by atoms with Crippen molar-refractivity contribution in [2.45, 2.75) is 132 Å². The van der Waals surface area contributed by atoms with Crippen LogP contribution in [0.15, 0.2) is 24.3 Å². The third-order valence-corrected chi connectivity index (χ3v) is 7.66. The highest BCUT2D eigenvalue weighted by atomic mass is 17.2. The number of aromatic nitrogens is 1. The summed E-state index contributed by atoms with van der Waals surface area (Å²) < 4.78 is 17.0. The molecule has 10 amide bonds. The lowest BCUT2D eigenvalue weighted by molar-refractivity contribution is -0.359. The number of barbiturate groups is 2. The monoisotopic (exact) mass is 871 g/mol. The van der Waals surface area contributed by atoms with Gasteiger partial charge in [-0.25, -0.2) is 57.9 Å². The van der Waals surface area contributed by atoms with Gasteiger partial charge < -0.3 is 14.2 Å². The third-order valence-electron chi connectivity index (χ3n) is 7.66. The van der Waals surface area contributed by atoms with Crippen molar-refractivity contribution < 1.29 is 76.9 Å². The summed E-state index contributed by atoms with van der Waals surface area (Å²) in [6.07, 6.45) is -4.45. The van der Waals surface area contributed by atoms with Gasteiger partial charge in [0.05, 0.1) is 21.9 Å². The molecule has 2 fully saturated rings. The number of imide groups is 8. The molecule has 21 nitrogen and oxygen atoms in total. The molecular formula is C41H53N5O16. The van der Waals surface area contributed by atoms with E-state index in [1.54, 1.807) is 41.5 Å². The Bertz CT molecular complexity index is 2210. The van der Waals surface area contributed by atoms with Crippen LogP contribution in [0.2, 0.25) is 0 Å². The van der Waals surface area contributed by atoms with Gasteiger partial charge >= 0.3 is 30.3 Å². The van der Waals surface area contributed by atoms with Gasteiger partial charge in [-0.3, -0.25) is 19.2 Å². The number of amides is 10. The Morgan fingerprint density at radius 1 is 0.452 bits per heavy atom. The largest absolute Gasteiger partial charge is 0.443 e. The number of urea groups is 2. The number of nitrogens with zero attached hydrogens (tertiary/aromatic N) is 5. The van der Waals surface area contributed by atoms with Crippen LogP contribution in [0.5, 0.6) is 0 Å². The zero-order valence-corrected chi connectivity index (χ0v) is 37.5. The Morgan fingerprint density at radius 2 is 0.758 bits per heavy atom. The summed E-state index contributed by atoms with van der Waals surface area (Å²) in [5, 5.41) is -1.75. The average molecular weight is 872 g/mol. The van der Waals surface area contributed by atoms with Crippen LogP contribution in [0.1, 0.15) is 104 Å². The van der Waals surface area contributed by atoms with Crippen LogP contribution in [0, 0.1) is 0 Å². The Labute approximate surface area is 356 Å². The first kappa shape index (κ1) is 48.6. The lowest BCUT2D eigenvalue weighted by atomic mass is 10.1. The molecule has 2 aromatic rings. The fourth-order valence-corrected chi connectivity index (χ4v) is 5.58. The zero-order chi connectivity index (χ0) is 47.2. The van der Waals surface area contributed by atoms with E-state index in [9.17, 15) is 43.2 Å². The molecule has 0 spiro atoms. The molecule has 62 heavy (non-hydrogen) atoms. The predicted octanol–water partition coefficient (Wildman–Crippen LogP) is 4.59. The molecule has 4 rings (SSSR count). The van der Waals surface area contributed by atoms with Crippen LogP contribution < -0.4 is 10.7 Å². The maximum atomic E-state index is 14.7. The molecule has 0 N–H and O–H groups in total. The molecule has 1 aromatic carbocycles. The number of hydrogen-bond acceptors (Lipinski definition) is 16. The third kappa shape index (κ3) is 10.9. The smallest absolute Gasteiger partial charge is 0.425 e. The van der Waals surface area contributed by atoms with Gasteiger partial charge in [-0.1, -0.05) is 24.3 Å². The molecule has 0 aliphatic carbocycles. The Morgan fingerprint density at radius 3 is 1.05 bits per heavy atom. The Hall–Kier alpha value is -6.03. The predicted molar refractivity (Wildman–Crippen MR) is 214 cm³/mol. The lowest BCUT2D eigenvalue weighted by Gasteiger charge is -2.34. The van der Waals surface area contributed by atoms with E-state index in [0.717, 1.165) is 0 Å². The standard InChI is InChI=1S/C41H53N5O16/c1-37(2,3)58-34(53)44-26(24-28(47)42(20-56-61-40(10,11)12)32(51)45(30(24)49)35(54)59-38(4,5)6)22-18-16-17-19-23(22)27(44)25-29(48)43(21-57-62-41(13,14)15)33(52)46(31(25)50)36(55)60-39(7,8)9/h16-19H,20-21H2,1-15H3. The second kappa shape index (κ2) is 17.0. The van der Waals surface area contributed by atoms with Crippen LogP contribution in [0.3, 0.4) is 0 Å². The van der Waals surface area contributed by atoms with Crippen molar-refractivity contribution in [3.05, 3.63) is 35.0 Å². The maximum absolute atomic E-state index is 14.7. The van der Waals surface area contributed by atoms with E-state index in [4.69, 9.17) is 33.8 Å². The van der Waals surface area contributed by atoms with Crippen LogP contribution in [0.25, 0.3) is 21.9 Å². The van der Waals surface area contributed by atoms with E-state index < -0.39 is 117 Å². The van der Waals surface area contributed by atoms with E-state index in [1.165, 1.54) is 86.6 Å². The van der Waals surface area contributed by atoms with E-state index >= 15 is 0 Å². The molecule has 2 aliphatic heterocycles. The van der Waals surface area contributed by atoms with Gasteiger partial charge in [0.25, 0.3) is 23.6 Å². The first-order valence-corrected chi connectivity index (χ1v) is 19.2. The molecule has 0 unspecified atom stereocenters. The number of hydrogen-bond donors (Lipinski definition) is 0. The SMILES string of the molecule is CC(C)(C)OOCN1C(=O)C(=c2c3ccccc3c(=C3C(=O)N(COOC(C)(C)C)C(=O)N(C(=O)OC(C)(C)C)C3=O)n2C(=O)OC(C)(C)C)C(=O)N(C(=O)OC(C)(C)C)C1=O. The fourth-order valence-electron chi connectivity index (χ4n) is 5.58. The van der Waals surface area contributed by atoms with Crippen LogP contribution in [-0.2, 0) is 52.9 Å². The number of fused-ring (bicyclic) bond motifs is 1. The first-order valence-electron chi connectivity index (χ1n) is 19.2. The van der Waals surface area contributed by atoms with Crippen molar-refractivity contribution in [2.75, 3.05) is 13.5 Å². The highest BCUT2D eigenvalue weighted by Gasteiger charge is 2.51. The van der Waals surface area contributed by atoms with E-state index in [2.05, 4.69) is 0 Å². The Balaban J connectivity index is 2.27. The minimum Gasteiger partial charge on any atom is -0.443 e. The lowest BCUT2D eigenvalue weighted by Crippen LogP contribution is -2.61. The van der Waals surface area contributed by atoms with Crippen LogP contribution in [-0.4, -0.2) is 120 Å². The van der Waals surface area contributed by atoms with Gasteiger partial charge in [-0.2, -0.15) is 9.80 Å². The maximum Gasteiger partial charge on any atom is 0.425 e. The van der Waals surface area contributed by atoms with Crippen LogP contribution in [0.4, 0.5) is 24.0 Å². The summed E-state index contributed by atoms with van der Waals surface area (Å²) in [5.74, 6) is -6.03. The van der Waals surface area contributed by atoms with E-state index in [1.807, 2.05) is 0 Å². The molecule has 0 radical (unpaired) electrons. The minimum absolute atomic E-state index is 0.00453. The molecule has 3 heterocycles. The quantitative estimate of drug-likeness (QED) is 0.219. The summed E-state index contributed by atoms with van der Waals surface area (Å²) in [5.41, 5.74) is -7.95. The van der Waals surface area contributed by atoms with Crippen molar-refractivity contribution in [1.29, 1.82) is 0 Å². The van der Waals surface area contributed by atoms with Crippen molar-refractivity contribution in [1.82, 2.24) is 24.2 Å². The zero-order valence-electron chi connectivity index (χ0n) is 37.5. The average Bonchev–Trinajstić information content (AvgIpc) is 3.39. The molecule has 2 saturated heterocycles. The summed E-state index contributed by atoms with van der Waals surface area (Å²) in [4.78, 5) is 150. The molecule has 2 aliphatic rings. The molecule has 0 bridgehead atoms. The van der Waals surface area contributed by atoms with Gasteiger partial charge in [0, 0.05) is 10.8 Å². The van der Waals surface area contributed by atoms with Gasteiger partial charge in [-0.05, 0) is 104 Å². The van der Waals surface area contributed by atoms with E-state index in [0.29, 0.717) is 14.4 Å². The molecule has 1 aromatic heterocycles. The molecule has 338 valence electrons. The number of carbonyl (C=O) groups is 9. The van der Waals surface area contributed by atoms with Crippen LogP contribution >= 0.6 is 0 Å². The summed E-state index contributed by atoms with van der Waals surface area (Å²) in [7, 11) is 0. The second-order valence-corrected chi connectivity index (χ2v) is 19.0. The van der Waals surface area contributed by atoms with Gasteiger partial charge in [0.15, 0.2) is 13.5 Å². The normalized spacial score (nSPS) is 18.0. The number of ether oxygens (including phenoxy) is 3.